The molecule has 5 nitrogen and oxygen atoms in total. The molecule has 0 saturated heterocycles. The summed E-state index contributed by atoms with van der Waals surface area (Å²) in [4.78, 5) is 4.05. The number of oxime groups is 1. The molecule has 0 spiro atoms. The Morgan fingerprint density at radius 1 is 1.14 bits per heavy atom. The first-order valence-electron chi connectivity index (χ1n) is 6.94. The van der Waals surface area contributed by atoms with Crippen LogP contribution < -0.4 is 11.1 Å². The van der Waals surface area contributed by atoms with Crippen molar-refractivity contribution in [2.45, 2.75) is 26.4 Å². The van der Waals surface area contributed by atoms with Crippen molar-refractivity contribution in [1.82, 2.24) is 10.3 Å². The van der Waals surface area contributed by atoms with E-state index in [1.807, 2.05) is 12.1 Å². The quantitative estimate of drug-likeness (QED) is 0.328. The molecule has 2 aromatic rings. The van der Waals surface area contributed by atoms with Crippen LogP contribution >= 0.6 is 0 Å². The van der Waals surface area contributed by atoms with Crippen molar-refractivity contribution < 1.29 is 5.21 Å². The fourth-order valence-corrected chi connectivity index (χ4v) is 2.02. The molecule has 0 atom stereocenters. The molecular formula is C16H20N4O. The van der Waals surface area contributed by atoms with Crippen LogP contribution in [0.1, 0.15) is 29.3 Å². The number of aromatic nitrogens is 1. The van der Waals surface area contributed by atoms with E-state index in [1.165, 1.54) is 11.1 Å². The summed E-state index contributed by atoms with van der Waals surface area (Å²) in [5.74, 6) is 0.0204. The first-order chi connectivity index (χ1) is 10.2. The first-order valence-corrected chi connectivity index (χ1v) is 6.94. The number of hydrogen-bond donors (Lipinski definition) is 3. The lowest BCUT2D eigenvalue weighted by molar-refractivity contribution is 0.318. The van der Waals surface area contributed by atoms with Gasteiger partial charge in [-0.25, -0.2) is 0 Å². The maximum atomic E-state index is 8.65. The highest BCUT2D eigenvalue weighted by Gasteiger charge is 2.02. The van der Waals surface area contributed by atoms with E-state index in [0.717, 1.165) is 18.5 Å². The maximum absolute atomic E-state index is 8.65. The van der Waals surface area contributed by atoms with Crippen LogP contribution in [-0.2, 0) is 19.5 Å². The monoisotopic (exact) mass is 284 g/mol. The Kier molecular flexibility index (Phi) is 5.29. The smallest absolute Gasteiger partial charge is 0.188 e. The molecule has 1 aromatic carbocycles. The molecule has 0 amide bonds. The van der Waals surface area contributed by atoms with Gasteiger partial charge in [0.15, 0.2) is 5.84 Å². The second-order valence-electron chi connectivity index (χ2n) is 4.81. The van der Waals surface area contributed by atoms with E-state index >= 15 is 0 Å². The Morgan fingerprint density at radius 2 is 1.81 bits per heavy atom. The van der Waals surface area contributed by atoms with Crippen molar-refractivity contribution in [3.8, 4) is 0 Å². The molecule has 0 saturated carbocycles. The lowest BCUT2D eigenvalue weighted by atomic mass is 10.1. The van der Waals surface area contributed by atoms with E-state index in [9.17, 15) is 0 Å². The zero-order chi connectivity index (χ0) is 15.1. The summed E-state index contributed by atoms with van der Waals surface area (Å²) in [7, 11) is 0. The van der Waals surface area contributed by atoms with Gasteiger partial charge in [0.25, 0.3) is 0 Å². The van der Waals surface area contributed by atoms with Crippen molar-refractivity contribution in [3.63, 3.8) is 0 Å². The van der Waals surface area contributed by atoms with Crippen molar-refractivity contribution in [1.29, 1.82) is 0 Å². The van der Waals surface area contributed by atoms with E-state index in [0.29, 0.717) is 12.2 Å². The Labute approximate surface area is 124 Å². The van der Waals surface area contributed by atoms with Gasteiger partial charge in [-0.3, -0.25) is 4.98 Å². The third-order valence-corrected chi connectivity index (χ3v) is 3.28. The van der Waals surface area contributed by atoms with Crippen LogP contribution in [0.3, 0.4) is 0 Å². The van der Waals surface area contributed by atoms with Crippen LogP contribution in [0.5, 0.6) is 0 Å². The third-order valence-electron chi connectivity index (χ3n) is 3.28. The standard InChI is InChI=1S/C16H20N4O/c1-2-12-3-5-13(6-4-12)10-18-11-14-7-8-19-15(9-14)16(17)20-21/h3-9,18,21H,2,10-11H2,1H3,(H2,17,20). The molecule has 0 bridgehead atoms. The largest absolute Gasteiger partial charge is 0.409 e. The number of nitrogens with one attached hydrogen (secondary N) is 1. The highest BCUT2D eigenvalue weighted by Crippen LogP contribution is 2.06. The van der Waals surface area contributed by atoms with Gasteiger partial charge in [0.1, 0.15) is 5.69 Å². The van der Waals surface area contributed by atoms with Gasteiger partial charge in [0.05, 0.1) is 0 Å². The Balaban J connectivity index is 1.91. The van der Waals surface area contributed by atoms with E-state index in [1.54, 1.807) is 6.20 Å². The molecule has 4 N–H and O–H groups in total. The van der Waals surface area contributed by atoms with Gasteiger partial charge in [-0.2, -0.15) is 0 Å². The van der Waals surface area contributed by atoms with E-state index < -0.39 is 0 Å². The molecule has 110 valence electrons. The van der Waals surface area contributed by atoms with Crippen LogP contribution in [0.4, 0.5) is 0 Å². The summed E-state index contributed by atoms with van der Waals surface area (Å²) in [5, 5.41) is 15.0. The lowest BCUT2D eigenvalue weighted by Gasteiger charge is -2.07. The Bertz CT molecular complexity index is 608. The molecule has 1 aromatic heterocycles. The van der Waals surface area contributed by atoms with Gasteiger partial charge >= 0.3 is 0 Å². The fraction of sp³-hybridized carbons (Fsp3) is 0.250. The normalized spacial score (nSPS) is 11.6. The predicted octanol–water partition coefficient (Wildman–Crippen LogP) is 2.03. The van der Waals surface area contributed by atoms with Crippen molar-refractivity contribution in [2.75, 3.05) is 0 Å². The van der Waals surface area contributed by atoms with Gasteiger partial charge in [0.2, 0.25) is 0 Å². The fourth-order valence-electron chi connectivity index (χ4n) is 2.02. The molecule has 2 rings (SSSR count). The van der Waals surface area contributed by atoms with Gasteiger partial charge in [-0.05, 0) is 35.2 Å². The molecule has 0 aliphatic carbocycles. The number of amidine groups is 1. The molecular weight excluding hydrogens is 264 g/mol. The van der Waals surface area contributed by atoms with Gasteiger partial charge < -0.3 is 16.3 Å². The van der Waals surface area contributed by atoms with E-state index in [2.05, 4.69) is 46.6 Å². The van der Waals surface area contributed by atoms with Crippen molar-refractivity contribution in [2.24, 2.45) is 10.9 Å². The number of rotatable bonds is 6. The summed E-state index contributed by atoms with van der Waals surface area (Å²) in [5.41, 5.74) is 9.63. The number of aryl methyl sites for hydroxylation is 1. The van der Waals surface area contributed by atoms with Crippen LogP contribution in [0.25, 0.3) is 0 Å². The number of benzene rings is 1. The zero-order valence-corrected chi connectivity index (χ0v) is 12.1. The van der Waals surface area contributed by atoms with Crippen LogP contribution in [0.15, 0.2) is 47.8 Å². The van der Waals surface area contributed by atoms with Gasteiger partial charge in [0, 0.05) is 19.3 Å². The Hall–Kier alpha value is -2.40. The highest BCUT2D eigenvalue weighted by molar-refractivity contribution is 5.95. The number of nitrogens with zero attached hydrogens (tertiary/aromatic N) is 2. The van der Waals surface area contributed by atoms with Gasteiger partial charge in [-0.15, -0.1) is 0 Å². The van der Waals surface area contributed by atoms with Crippen molar-refractivity contribution >= 4 is 5.84 Å². The average molecular weight is 284 g/mol. The second-order valence-corrected chi connectivity index (χ2v) is 4.81. The minimum atomic E-state index is 0.0204. The Morgan fingerprint density at radius 3 is 2.48 bits per heavy atom. The molecule has 0 unspecified atom stereocenters. The summed E-state index contributed by atoms with van der Waals surface area (Å²) in [6.07, 6.45) is 2.71. The predicted molar refractivity (Wildman–Crippen MR) is 83.1 cm³/mol. The van der Waals surface area contributed by atoms with E-state index in [-0.39, 0.29) is 5.84 Å². The van der Waals surface area contributed by atoms with Crippen molar-refractivity contribution in [3.05, 3.63) is 65.0 Å². The summed E-state index contributed by atoms with van der Waals surface area (Å²) < 4.78 is 0. The summed E-state index contributed by atoms with van der Waals surface area (Å²) >= 11 is 0. The SMILES string of the molecule is CCc1ccc(CNCc2ccnc(/C(N)=N/O)c2)cc1. The molecule has 0 aliphatic heterocycles. The van der Waals surface area contributed by atoms with Crippen LogP contribution in [0.2, 0.25) is 0 Å². The second kappa shape index (κ2) is 7.40. The molecule has 21 heavy (non-hydrogen) atoms. The minimum Gasteiger partial charge on any atom is -0.409 e. The van der Waals surface area contributed by atoms with Crippen LogP contribution in [0, 0.1) is 0 Å². The minimum absolute atomic E-state index is 0.0204. The average Bonchev–Trinajstić information content (AvgIpc) is 2.55. The number of hydrogen-bond acceptors (Lipinski definition) is 4. The molecule has 5 heteroatoms. The molecule has 0 fully saturated rings. The maximum Gasteiger partial charge on any atom is 0.188 e. The first kappa shape index (κ1) is 15.0. The summed E-state index contributed by atoms with van der Waals surface area (Å²) in [6.45, 7) is 3.64. The third kappa shape index (κ3) is 4.29. The number of pyridine rings is 1. The molecule has 1 heterocycles. The number of nitrogens with two attached hydrogens (primary N) is 1. The highest BCUT2D eigenvalue weighted by atomic mass is 16.4. The molecule has 0 radical (unpaired) electrons. The molecule has 0 aliphatic rings. The zero-order valence-electron chi connectivity index (χ0n) is 12.1. The topological polar surface area (TPSA) is 83.5 Å². The summed E-state index contributed by atoms with van der Waals surface area (Å²) in [6, 6.07) is 12.3. The van der Waals surface area contributed by atoms with E-state index in [4.69, 9.17) is 10.9 Å². The van der Waals surface area contributed by atoms with Crippen LogP contribution in [-0.4, -0.2) is 16.0 Å². The van der Waals surface area contributed by atoms with Gasteiger partial charge in [-0.1, -0.05) is 36.3 Å². The lowest BCUT2D eigenvalue weighted by Crippen LogP contribution is -2.17.